The van der Waals surface area contributed by atoms with Crippen molar-refractivity contribution in [3.8, 4) is 0 Å². The Labute approximate surface area is 178 Å². The van der Waals surface area contributed by atoms with Gasteiger partial charge in [-0.15, -0.1) is 0 Å². The van der Waals surface area contributed by atoms with Gasteiger partial charge in [-0.05, 0) is 12.8 Å². The SMILES string of the molecule is CCCCOCCN1CCOCCOCCN(CCOCCCC)CCOCC1. The molecule has 0 aromatic carbocycles. The molecule has 0 aliphatic carbocycles. The smallest absolute Gasteiger partial charge is 0.0701 e. The van der Waals surface area contributed by atoms with E-state index >= 15 is 0 Å². The Hall–Kier alpha value is -0.280. The molecule has 0 aromatic rings. The number of rotatable bonds is 12. The predicted molar refractivity (Wildman–Crippen MR) is 117 cm³/mol. The highest BCUT2D eigenvalue weighted by atomic mass is 16.5. The summed E-state index contributed by atoms with van der Waals surface area (Å²) < 4.78 is 28.8. The van der Waals surface area contributed by atoms with E-state index in [0.29, 0.717) is 13.2 Å². The maximum atomic E-state index is 5.91. The molecule has 1 rings (SSSR count). The molecular formula is C22H46N2O5. The van der Waals surface area contributed by atoms with Crippen LogP contribution in [0.5, 0.6) is 0 Å². The fourth-order valence-electron chi connectivity index (χ4n) is 2.95. The lowest BCUT2D eigenvalue weighted by Gasteiger charge is -2.23. The first-order valence-corrected chi connectivity index (χ1v) is 11.7. The summed E-state index contributed by atoms with van der Waals surface area (Å²) in [7, 11) is 0. The van der Waals surface area contributed by atoms with Crippen molar-refractivity contribution in [2.24, 2.45) is 0 Å². The molecule has 0 aromatic heterocycles. The molecule has 0 unspecified atom stereocenters. The van der Waals surface area contributed by atoms with Gasteiger partial charge in [0.1, 0.15) is 0 Å². The van der Waals surface area contributed by atoms with Gasteiger partial charge in [0.25, 0.3) is 0 Å². The monoisotopic (exact) mass is 418 g/mol. The number of hydrogen-bond acceptors (Lipinski definition) is 7. The second-order valence-corrected chi connectivity index (χ2v) is 7.45. The minimum atomic E-state index is 0.650. The van der Waals surface area contributed by atoms with Crippen LogP contribution < -0.4 is 0 Å². The van der Waals surface area contributed by atoms with Gasteiger partial charge in [-0.2, -0.15) is 0 Å². The molecule has 0 radical (unpaired) electrons. The predicted octanol–water partition coefficient (Wildman–Crippen LogP) is 2.29. The molecule has 0 spiro atoms. The fraction of sp³-hybridized carbons (Fsp3) is 1.00. The fourth-order valence-corrected chi connectivity index (χ4v) is 2.95. The Kier molecular flexibility index (Phi) is 19.3. The second kappa shape index (κ2) is 21.0. The average Bonchev–Trinajstić information content (AvgIpc) is 2.74. The number of unbranched alkanes of at least 4 members (excludes halogenated alkanes) is 2. The lowest BCUT2D eigenvalue weighted by molar-refractivity contribution is 0.0257. The van der Waals surface area contributed by atoms with E-state index in [1.54, 1.807) is 0 Å². The van der Waals surface area contributed by atoms with Gasteiger partial charge in [0.2, 0.25) is 0 Å². The molecule has 0 atom stereocenters. The first kappa shape index (κ1) is 26.8. The summed E-state index contributed by atoms with van der Waals surface area (Å²) in [5, 5.41) is 0. The van der Waals surface area contributed by atoms with E-state index in [9.17, 15) is 0 Å². The van der Waals surface area contributed by atoms with Crippen LogP contribution in [0.2, 0.25) is 0 Å². The zero-order valence-corrected chi connectivity index (χ0v) is 19.1. The van der Waals surface area contributed by atoms with Gasteiger partial charge >= 0.3 is 0 Å². The summed E-state index contributed by atoms with van der Waals surface area (Å²) in [6, 6.07) is 0. The van der Waals surface area contributed by atoms with E-state index in [0.717, 1.165) is 105 Å². The molecule has 7 heteroatoms. The van der Waals surface area contributed by atoms with E-state index in [1.807, 2.05) is 0 Å². The lowest BCUT2D eigenvalue weighted by Crippen LogP contribution is -2.36. The molecule has 29 heavy (non-hydrogen) atoms. The van der Waals surface area contributed by atoms with Crippen LogP contribution in [0.25, 0.3) is 0 Å². The van der Waals surface area contributed by atoms with Crippen molar-refractivity contribution in [3.63, 3.8) is 0 Å². The van der Waals surface area contributed by atoms with Crippen LogP contribution in [0.4, 0.5) is 0 Å². The topological polar surface area (TPSA) is 52.6 Å². The maximum absolute atomic E-state index is 5.91. The number of hydrogen-bond donors (Lipinski definition) is 0. The first-order valence-electron chi connectivity index (χ1n) is 11.7. The summed E-state index contributed by atoms with van der Waals surface area (Å²) >= 11 is 0. The molecule has 1 fully saturated rings. The Morgan fingerprint density at radius 3 is 1.31 bits per heavy atom. The van der Waals surface area contributed by atoms with Crippen LogP contribution in [0, 0.1) is 0 Å². The zero-order valence-electron chi connectivity index (χ0n) is 19.1. The second-order valence-electron chi connectivity index (χ2n) is 7.45. The van der Waals surface area contributed by atoms with E-state index in [2.05, 4.69) is 23.6 Å². The highest BCUT2D eigenvalue weighted by molar-refractivity contribution is 4.60. The van der Waals surface area contributed by atoms with Gasteiger partial charge in [0.05, 0.1) is 52.9 Å². The standard InChI is InChI=1S/C22H46N2O5/c1-3-5-13-25-15-7-23-9-17-27-18-10-24(8-16-26-14-6-4-2)12-20-29-22-21-28-19-11-23/h3-22H2,1-2H3. The van der Waals surface area contributed by atoms with Gasteiger partial charge in [0, 0.05) is 52.5 Å². The van der Waals surface area contributed by atoms with Crippen LogP contribution in [0.15, 0.2) is 0 Å². The number of ether oxygens (including phenoxy) is 5. The summed E-state index contributed by atoms with van der Waals surface area (Å²) in [5.74, 6) is 0. The van der Waals surface area contributed by atoms with Crippen LogP contribution in [-0.4, -0.2) is 115 Å². The third-order valence-corrected chi connectivity index (χ3v) is 4.97. The Balaban J connectivity index is 2.29. The minimum absolute atomic E-state index is 0.650. The van der Waals surface area contributed by atoms with Gasteiger partial charge in [0.15, 0.2) is 0 Å². The Morgan fingerprint density at radius 1 is 0.552 bits per heavy atom. The van der Waals surface area contributed by atoms with E-state index in [-0.39, 0.29) is 0 Å². The third-order valence-electron chi connectivity index (χ3n) is 4.97. The van der Waals surface area contributed by atoms with Crippen LogP contribution >= 0.6 is 0 Å². The Morgan fingerprint density at radius 2 is 0.931 bits per heavy atom. The van der Waals surface area contributed by atoms with Crippen molar-refractivity contribution in [1.82, 2.24) is 9.80 Å². The molecule has 1 aliphatic rings. The van der Waals surface area contributed by atoms with Crippen molar-refractivity contribution < 1.29 is 23.7 Å². The highest BCUT2D eigenvalue weighted by Gasteiger charge is 2.08. The average molecular weight is 419 g/mol. The molecule has 1 heterocycles. The van der Waals surface area contributed by atoms with Gasteiger partial charge < -0.3 is 23.7 Å². The van der Waals surface area contributed by atoms with Gasteiger partial charge in [-0.3, -0.25) is 9.80 Å². The number of nitrogens with zero attached hydrogens (tertiary/aromatic N) is 2. The van der Waals surface area contributed by atoms with Crippen LogP contribution in [0.3, 0.4) is 0 Å². The largest absolute Gasteiger partial charge is 0.380 e. The van der Waals surface area contributed by atoms with Crippen molar-refractivity contribution >= 4 is 0 Å². The molecule has 0 saturated carbocycles. The molecule has 0 bridgehead atoms. The van der Waals surface area contributed by atoms with E-state index in [4.69, 9.17) is 23.7 Å². The normalized spacial score (nSPS) is 19.7. The summed E-state index contributed by atoms with van der Waals surface area (Å²) in [6.45, 7) is 17.3. The van der Waals surface area contributed by atoms with Crippen molar-refractivity contribution in [2.75, 3.05) is 105 Å². The molecule has 0 N–H and O–H groups in total. The van der Waals surface area contributed by atoms with Crippen LogP contribution in [0.1, 0.15) is 39.5 Å². The quantitative estimate of drug-likeness (QED) is 0.451. The first-order chi connectivity index (χ1) is 14.4. The zero-order chi connectivity index (χ0) is 20.8. The molecule has 0 amide bonds. The van der Waals surface area contributed by atoms with Crippen molar-refractivity contribution in [2.45, 2.75) is 39.5 Å². The molecule has 174 valence electrons. The van der Waals surface area contributed by atoms with Crippen molar-refractivity contribution in [1.29, 1.82) is 0 Å². The Bertz CT molecular complexity index is 306. The molecular weight excluding hydrogens is 372 g/mol. The van der Waals surface area contributed by atoms with E-state index in [1.165, 1.54) is 12.8 Å². The molecule has 1 saturated heterocycles. The van der Waals surface area contributed by atoms with Crippen molar-refractivity contribution in [3.05, 3.63) is 0 Å². The minimum Gasteiger partial charge on any atom is -0.380 e. The van der Waals surface area contributed by atoms with Gasteiger partial charge in [-0.25, -0.2) is 0 Å². The third kappa shape index (κ3) is 17.1. The molecule has 1 aliphatic heterocycles. The summed E-state index contributed by atoms with van der Waals surface area (Å²) in [5.41, 5.74) is 0. The van der Waals surface area contributed by atoms with Crippen LogP contribution in [-0.2, 0) is 23.7 Å². The van der Waals surface area contributed by atoms with E-state index < -0.39 is 0 Å². The highest BCUT2D eigenvalue weighted by Crippen LogP contribution is 1.97. The summed E-state index contributed by atoms with van der Waals surface area (Å²) in [6.07, 6.45) is 4.61. The van der Waals surface area contributed by atoms with Gasteiger partial charge in [-0.1, -0.05) is 26.7 Å². The lowest BCUT2D eigenvalue weighted by atomic mass is 10.4. The summed E-state index contributed by atoms with van der Waals surface area (Å²) in [4.78, 5) is 4.73. The molecule has 7 nitrogen and oxygen atoms in total. The maximum Gasteiger partial charge on any atom is 0.0701 e.